The Hall–Kier alpha value is -0.160. The van der Waals surface area contributed by atoms with Gasteiger partial charge in [-0.15, -0.1) is 0 Å². The summed E-state index contributed by atoms with van der Waals surface area (Å²) in [6.45, 7) is 14.7. The van der Waals surface area contributed by atoms with Crippen LogP contribution in [-0.2, 0) is 4.74 Å². The monoisotopic (exact) mass is 286 g/mol. The third-order valence-corrected chi connectivity index (χ3v) is 3.95. The summed E-state index contributed by atoms with van der Waals surface area (Å²) < 4.78 is 5.76. The van der Waals surface area contributed by atoms with E-state index in [4.69, 9.17) is 4.74 Å². The van der Waals surface area contributed by atoms with Crippen molar-refractivity contribution in [3.63, 3.8) is 0 Å². The van der Waals surface area contributed by atoms with Crippen LogP contribution in [0.2, 0.25) is 0 Å². The molecule has 1 rings (SSSR count). The van der Waals surface area contributed by atoms with Crippen molar-refractivity contribution in [1.29, 1.82) is 0 Å². The van der Waals surface area contributed by atoms with Gasteiger partial charge in [0.2, 0.25) is 0 Å². The van der Waals surface area contributed by atoms with Gasteiger partial charge in [0.1, 0.15) is 0 Å². The highest BCUT2D eigenvalue weighted by Gasteiger charge is 2.35. The van der Waals surface area contributed by atoms with E-state index in [-0.39, 0.29) is 5.41 Å². The van der Waals surface area contributed by atoms with E-state index in [9.17, 15) is 5.11 Å². The molecule has 0 aromatic carbocycles. The number of hydrogen-bond acceptors (Lipinski definition) is 4. The molecule has 1 saturated heterocycles. The zero-order valence-electron chi connectivity index (χ0n) is 13.9. The van der Waals surface area contributed by atoms with Gasteiger partial charge in [-0.25, -0.2) is 0 Å². The van der Waals surface area contributed by atoms with Crippen LogP contribution in [0.25, 0.3) is 0 Å². The Morgan fingerprint density at radius 1 is 1.35 bits per heavy atom. The molecule has 0 aliphatic carbocycles. The summed E-state index contributed by atoms with van der Waals surface area (Å²) in [4.78, 5) is 2.36. The Balaban J connectivity index is 2.61. The van der Waals surface area contributed by atoms with Crippen LogP contribution in [0.5, 0.6) is 0 Å². The number of nitrogens with one attached hydrogen (secondary N) is 1. The second-order valence-electron chi connectivity index (χ2n) is 6.95. The number of ether oxygens (including phenoxy) is 1. The van der Waals surface area contributed by atoms with Gasteiger partial charge in [-0.2, -0.15) is 0 Å². The quantitative estimate of drug-likeness (QED) is 0.635. The van der Waals surface area contributed by atoms with Crippen molar-refractivity contribution < 1.29 is 9.84 Å². The first kappa shape index (κ1) is 17.9. The predicted octanol–water partition coefficient (Wildman–Crippen LogP) is 1.88. The molecular weight excluding hydrogens is 252 g/mol. The fraction of sp³-hybridized carbons (Fsp3) is 1.00. The fourth-order valence-electron chi connectivity index (χ4n) is 3.06. The van der Waals surface area contributed by atoms with Gasteiger partial charge < -0.3 is 20.1 Å². The second-order valence-corrected chi connectivity index (χ2v) is 6.95. The van der Waals surface area contributed by atoms with Crippen molar-refractivity contribution in [2.24, 2.45) is 5.41 Å². The Morgan fingerprint density at radius 2 is 2.10 bits per heavy atom. The molecule has 1 fully saturated rings. The standard InChI is InChI=1S/C16H34N2O2/c1-5-9-17-11-16(8-7-10-20-14-16)13-18(6-2)12-15(3,4)19/h17,19H,5-14H2,1-4H3. The van der Waals surface area contributed by atoms with E-state index in [2.05, 4.69) is 24.1 Å². The molecule has 0 amide bonds. The first-order chi connectivity index (χ1) is 9.41. The van der Waals surface area contributed by atoms with Gasteiger partial charge in [0.25, 0.3) is 0 Å². The molecular formula is C16H34N2O2. The summed E-state index contributed by atoms with van der Waals surface area (Å²) in [5.41, 5.74) is -0.432. The molecule has 0 bridgehead atoms. The lowest BCUT2D eigenvalue weighted by Gasteiger charge is -2.42. The van der Waals surface area contributed by atoms with E-state index in [0.29, 0.717) is 0 Å². The lowest BCUT2D eigenvalue weighted by Crippen LogP contribution is -2.51. The Bertz CT molecular complexity index is 258. The summed E-state index contributed by atoms with van der Waals surface area (Å²) >= 11 is 0. The average Bonchev–Trinajstić information content (AvgIpc) is 2.38. The SMILES string of the molecule is CCCNCC1(CN(CC)CC(C)(C)O)CCCOC1. The Morgan fingerprint density at radius 3 is 2.60 bits per heavy atom. The molecule has 2 N–H and O–H groups in total. The maximum atomic E-state index is 10.1. The highest BCUT2D eigenvalue weighted by molar-refractivity contribution is 4.88. The number of likely N-dealkylation sites (N-methyl/N-ethyl adjacent to an activating group) is 1. The summed E-state index contributed by atoms with van der Waals surface area (Å²) in [5, 5.41) is 13.6. The van der Waals surface area contributed by atoms with Gasteiger partial charge in [0.15, 0.2) is 0 Å². The highest BCUT2D eigenvalue weighted by Crippen LogP contribution is 2.29. The van der Waals surface area contributed by atoms with Crippen LogP contribution in [0.4, 0.5) is 0 Å². The van der Waals surface area contributed by atoms with Gasteiger partial charge in [0.05, 0.1) is 12.2 Å². The fourth-order valence-corrected chi connectivity index (χ4v) is 3.06. The van der Waals surface area contributed by atoms with E-state index >= 15 is 0 Å². The maximum Gasteiger partial charge on any atom is 0.0718 e. The normalized spacial score (nSPS) is 24.3. The third-order valence-electron chi connectivity index (χ3n) is 3.95. The van der Waals surface area contributed by atoms with Crippen molar-refractivity contribution in [2.75, 3.05) is 45.9 Å². The number of nitrogens with zero attached hydrogens (tertiary/aromatic N) is 1. The zero-order chi connectivity index (χ0) is 15.1. The highest BCUT2D eigenvalue weighted by atomic mass is 16.5. The summed E-state index contributed by atoms with van der Waals surface area (Å²) in [5.74, 6) is 0. The lowest BCUT2D eigenvalue weighted by molar-refractivity contribution is -0.0398. The summed E-state index contributed by atoms with van der Waals surface area (Å²) in [7, 11) is 0. The van der Waals surface area contributed by atoms with Crippen molar-refractivity contribution in [1.82, 2.24) is 10.2 Å². The largest absolute Gasteiger partial charge is 0.389 e. The van der Waals surface area contributed by atoms with Crippen molar-refractivity contribution in [3.8, 4) is 0 Å². The molecule has 120 valence electrons. The number of aliphatic hydroxyl groups is 1. The van der Waals surface area contributed by atoms with E-state index in [1.807, 2.05) is 13.8 Å². The number of hydrogen-bond donors (Lipinski definition) is 2. The molecule has 0 aromatic rings. The molecule has 1 aliphatic heterocycles. The third kappa shape index (κ3) is 6.53. The lowest BCUT2D eigenvalue weighted by atomic mass is 9.81. The topological polar surface area (TPSA) is 44.7 Å². The van der Waals surface area contributed by atoms with E-state index in [1.165, 1.54) is 6.42 Å². The predicted molar refractivity (Wildman–Crippen MR) is 84.1 cm³/mol. The minimum atomic E-state index is -0.635. The van der Waals surface area contributed by atoms with Crippen LogP contribution >= 0.6 is 0 Å². The molecule has 20 heavy (non-hydrogen) atoms. The van der Waals surface area contributed by atoms with Crippen LogP contribution in [0.1, 0.15) is 47.0 Å². The molecule has 0 aromatic heterocycles. The van der Waals surface area contributed by atoms with Crippen molar-refractivity contribution >= 4 is 0 Å². The average molecular weight is 286 g/mol. The van der Waals surface area contributed by atoms with Crippen LogP contribution in [0, 0.1) is 5.41 Å². The molecule has 4 nitrogen and oxygen atoms in total. The van der Waals surface area contributed by atoms with Gasteiger partial charge in [-0.1, -0.05) is 13.8 Å². The van der Waals surface area contributed by atoms with E-state index < -0.39 is 5.60 Å². The Labute approximate surface area is 124 Å². The van der Waals surface area contributed by atoms with Gasteiger partial charge in [-0.3, -0.25) is 0 Å². The minimum absolute atomic E-state index is 0.203. The van der Waals surface area contributed by atoms with E-state index in [0.717, 1.165) is 58.8 Å². The van der Waals surface area contributed by atoms with E-state index in [1.54, 1.807) is 0 Å². The summed E-state index contributed by atoms with van der Waals surface area (Å²) in [6.07, 6.45) is 3.53. The Kier molecular flexibility index (Phi) is 7.45. The second kappa shape index (κ2) is 8.32. The molecule has 4 heteroatoms. The first-order valence-corrected chi connectivity index (χ1v) is 8.14. The van der Waals surface area contributed by atoms with Crippen LogP contribution in [0.15, 0.2) is 0 Å². The van der Waals surface area contributed by atoms with Crippen LogP contribution < -0.4 is 5.32 Å². The molecule has 1 aliphatic rings. The van der Waals surface area contributed by atoms with Crippen molar-refractivity contribution in [2.45, 2.75) is 52.6 Å². The minimum Gasteiger partial charge on any atom is -0.389 e. The number of rotatable bonds is 9. The smallest absolute Gasteiger partial charge is 0.0718 e. The summed E-state index contributed by atoms with van der Waals surface area (Å²) in [6, 6.07) is 0. The van der Waals surface area contributed by atoms with Crippen LogP contribution in [0.3, 0.4) is 0 Å². The maximum absolute atomic E-state index is 10.1. The van der Waals surface area contributed by atoms with Gasteiger partial charge in [0, 0.05) is 31.7 Å². The molecule has 0 spiro atoms. The zero-order valence-corrected chi connectivity index (χ0v) is 13.9. The van der Waals surface area contributed by atoms with Crippen LogP contribution in [-0.4, -0.2) is 61.5 Å². The first-order valence-electron chi connectivity index (χ1n) is 8.14. The van der Waals surface area contributed by atoms with Gasteiger partial charge in [-0.05, 0) is 46.2 Å². The molecule has 0 saturated carbocycles. The van der Waals surface area contributed by atoms with Crippen molar-refractivity contribution in [3.05, 3.63) is 0 Å². The molecule has 1 heterocycles. The molecule has 0 radical (unpaired) electrons. The van der Waals surface area contributed by atoms with Gasteiger partial charge >= 0.3 is 0 Å². The molecule has 1 atom stereocenters. The molecule has 1 unspecified atom stereocenters.